The average molecular weight is 457 g/mol. The normalized spacial score (nSPS) is 22.8. The molecule has 1 unspecified atom stereocenters. The van der Waals surface area contributed by atoms with E-state index in [9.17, 15) is 12.8 Å². The molecule has 2 bridgehead atoms. The molecule has 0 radical (unpaired) electrons. The number of hydrogen-bond acceptors (Lipinski definition) is 6. The largest absolute Gasteiger partial charge is 0.363 e. The van der Waals surface area contributed by atoms with E-state index < -0.39 is 16.0 Å². The fourth-order valence-corrected chi connectivity index (χ4v) is 5.85. The summed E-state index contributed by atoms with van der Waals surface area (Å²) < 4.78 is 42.4. The molecule has 0 aliphatic carbocycles. The Balaban J connectivity index is 1.59. The molecule has 2 aromatic heterocycles. The van der Waals surface area contributed by atoms with E-state index in [1.54, 1.807) is 18.5 Å². The first-order valence-electron chi connectivity index (χ1n) is 10.6. The maximum Gasteiger partial charge on any atom is 0.229 e. The lowest BCUT2D eigenvalue weighted by Crippen LogP contribution is -2.43. The number of hydrogen-bond donors (Lipinski definition) is 1. The molecule has 168 valence electrons. The minimum atomic E-state index is -3.48. The van der Waals surface area contributed by atoms with Gasteiger partial charge in [-0.15, -0.1) is 10.2 Å². The van der Waals surface area contributed by atoms with Gasteiger partial charge in [-0.3, -0.25) is 4.72 Å². The van der Waals surface area contributed by atoms with E-state index in [4.69, 9.17) is 0 Å². The molecule has 32 heavy (non-hydrogen) atoms. The molecule has 3 aromatic rings. The van der Waals surface area contributed by atoms with Crippen molar-refractivity contribution in [1.29, 1.82) is 0 Å². The van der Waals surface area contributed by atoms with E-state index in [2.05, 4.69) is 24.8 Å². The SMILES string of the molecule is Cn1cnnc1C1C[C@H]2CC[C@@H](C1)N2c1c(NS(C)(=O)=O)cccc1-c1ccc(F)nc1. The number of halogens is 1. The van der Waals surface area contributed by atoms with Gasteiger partial charge in [0.25, 0.3) is 0 Å². The number of piperidine rings is 1. The van der Waals surface area contributed by atoms with Crippen molar-refractivity contribution < 1.29 is 12.8 Å². The summed E-state index contributed by atoms with van der Waals surface area (Å²) in [5.41, 5.74) is 2.94. The van der Waals surface area contributed by atoms with Crippen LogP contribution in [0.1, 0.15) is 37.4 Å². The number of para-hydroxylation sites is 1. The standard InChI is InChI=1S/C22H25FN6O2S/c1-28-13-25-26-22(28)15-10-16-7-8-17(11-15)29(16)21-18(14-6-9-20(23)24-12-14)4-3-5-19(21)27-32(2,30)31/h3-6,9,12-13,15-17,27H,7-8,10-11H2,1-2H3/t15?,16-,17+. The Morgan fingerprint density at radius 3 is 2.47 bits per heavy atom. The smallest absolute Gasteiger partial charge is 0.229 e. The molecule has 2 saturated heterocycles. The zero-order valence-corrected chi connectivity index (χ0v) is 18.8. The highest BCUT2D eigenvalue weighted by atomic mass is 32.2. The van der Waals surface area contributed by atoms with Gasteiger partial charge in [-0.25, -0.2) is 13.4 Å². The van der Waals surface area contributed by atoms with E-state index in [-0.39, 0.29) is 12.1 Å². The van der Waals surface area contributed by atoms with Crippen LogP contribution >= 0.6 is 0 Å². The van der Waals surface area contributed by atoms with E-state index in [1.807, 2.05) is 23.7 Å². The number of anilines is 2. The average Bonchev–Trinajstić information content (AvgIpc) is 3.27. The highest BCUT2D eigenvalue weighted by Crippen LogP contribution is 2.49. The number of nitrogens with one attached hydrogen (secondary N) is 1. The van der Waals surface area contributed by atoms with Gasteiger partial charge in [-0.05, 0) is 43.9 Å². The zero-order chi connectivity index (χ0) is 22.5. The second-order valence-corrected chi connectivity index (χ2v) is 10.5. The quantitative estimate of drug-likeness (QED) is 0.592. The summed E-state index contributed by atoms with van der Waals surface area (Å²) in [6, 6.07) is 9.01. The third kappa shape index (κ3) is 3.83. The predicted octanol–water partition coefficient (Wildman–Crippen LogP) is 3.30. The van der Waals surface area contributed by atoms with Crippen LogP contribution in [-0.4, -0.2) is 46.5 Å². The van der Waals surface area contributed by atoms with Crippen molar-refractivity contribution in [1.82, 2.24) is 19.7 Å². The lowest BCUT2D eigenvalue weighted by Gasteiger charge is -2.42. The van der Waals surface area contributed by atoms with Gasteiger partial charge in [0, 0.05) is 42.4 Å². The van der Waals surface area contributed by atoms with Crippen molar-refractivity contribution >= 4 is 21.4 Å². The molecule has 2 fully saturated rings. The molecule has 2 aliphatic rings. The van der Waals surface area contributed by atoms with Crippen molar-refractivity contribution in [2.24, 2.45) is 7.05 Å². The van der Waals surface area contributed by atoms with Gasteiger partial charge >= 0.3 is 0 Å². The van der Waals surface area contributed by atoms with E-state index in [0.717, 1.165) is 54.6 Å². The van der Waals surface area contributed by atoms with E-state index in [1.165, 1.54) is 12.3 Å². The summed E-state index contributed by atoms with van der Waals surface area (Å²) in [5, 5.41) is 8.38. The van der Waals surface area contributed by atoms with Crippen LogP contribution in [0.5, 0.6) is 0 Å². The summed E-state index contributed by atoms with van der Waals surface area (Å²) in [5.74, 6) is 0.750. The Labute approximate surface area is 186 Å². The van der Waals surface area contributed by atoms with Crippen LogP contribution in [0, 0.1) is 5.95 Å². The first kappa shape index (κ1) is 20.9. The highest BCUT2D eigenvalue weighted by Gasteiger charge is 2.44. The summed E-state index contributed by atoms with van der Waals surface area (Å²) in [6.07, 6.45) is 8.24. The summed E-state index contributed by atoms with van der Waals surface area (Å²) in [6.45, 7) is 0. The molecule has 1 N–H and O–H groups in total. The Kier molecular flexibility index (Phi) is 5.11. The Morgan fingerprint density at radius 1 is 1.12 bits per heavy atom. The highest BCUT2D eigenvalue weighted by molar-refractivity contribution is 7.92. The number of sulfonamides is 1. The van der Waals surface area contributed by atoms with Gasteiger partial charge in [0.1, 0.15) is 12.2 Å². The molecule has 4 heterocycles. The van der Waals surface area contributed by atoms with Crippen LogP contribution in [0.2, 0.25) is 0 Å². The third-order valence-electron chi connectivity index (χ3n) is 6.47. The summed E-state index contributed by atoms with van der Waals surface area (Å²) in [4.78, 5) is 6.17. The fraction of sp³-hybridized carbons (Fsp3) is 0.409. The van der Waals surface area contributed by atoms with Gasteiger partial charge in [0.2, 0.25) is 16.0 Å². The number of aryl methyl sites for hydroxylation is 1. The van der Waals surface area contributed by atoms with Gasteiger partial charge in [0.05, 0.1) is 17.6 Å². The maximum atomic E-state index is 13.5. The minimum Gasteiger partial charge on any atom is -0.363 e. The number of rotatable bonds is 5. The number of aromatic nitrogens is 4. The van der Waals surface area contributed by atoms with Crippen molar-refractivity contribution in [2.75, 3.05) is 15.9 Å². The minimum absolute atomic E-state index is 0.241. The number of pyridine rings is 1. The van der Waals surface area contributed by atoms with Gasteiger partial charge in [0.15, 0.2) is 0 Å². The van der Waals surface area contributed by atoms with Gasteiger partial charge in [-0.2, -0.15) is 4.39 Å². The Bertz CT molecular complexity index is 1230. The van der Waals surface area contributed by atoms with Crippen molar-refractivity contribution in [3.63, 3.8) is 0 Å². The number of benzene rings is 1. The Hall–Kier alpha value is -3.01. The zero-order valence-electron chi connectivity index (χ0n) is 17.9. The predicted molar refractivity (Wildman–Crippen MR) is 120 cm³/mol. The number of fused-ring (bicyclic) bond motifs is 2. The molecule has 3 atom stereocenters. The topological polar surface area (TPSA) is 93.0 Å². The van der Waals surface area contributed by atoms with Gasteiger partial charge in [-0.1, -0.05) is 12.1 Å². The molecular weight excluding hydrogens is 431 g/mol. The van der Waals surface area contributed by atoms with Crippen LogP contribution < -0.4 is 9.62 Å². The molecule has 1 aromatic carbocycles. The van der Waals surface area contributed by atoms with Crippen LogP contribution in [0.25, 0.3) is 11.1 Å². The second-order valence-electron chi connectivity index (χ2n) is 8.71. The molecule has 0 amide bonds. The molecule has 5 rings (SSSR count). The third-order valence-corrected chi connectivity index (χ3v) is 7.06. The van der Waals surface area contributed by atoms with Crippen molar-refractivity contribution in [2.45, 2.75) is 43.7 Å². The molecule has 8 nitrogen and oxygen atoms in total. The molecule has 10 heteroatoms. The van der Waals surface area contributed by atoms with Crippen molar-refractivity contribution in [3.05, 3.63) is 54.6 Å². The van der Waals surface area contributed by atoms with Crippen molar-refractivity contribution in [3.8, 4) is 11.1 Å². The van der Waals surface area contributed by atoms with Crippen LogP contribution in [0.4, 0.5) is 15.8 Å². The summed E-state index contributed by atoms with van der Waals surface area (Å²) in [7, 11) is -1.52. The summed E-state index contributed by atoms with van der Waals surface area (Å²) >= 11 is 0. The lowest BCUT2D eigenvalue weighted by molar-refractivity contribution is 0.397. The molecular formula is C22H25FN6O2S. The van der Waals surface area contributed by atoms with Crippen LogP contribution in [0.3, 0.4) is 0 Å². The molecule has 2 aliphatic heterocycles. The first-order valence-corrected chi connectivity index (χ1v) is 12.5. The molecule has 0 saturated carbocycles. The first-order chi connectivity index (χ1) is 15.3. The lowest BCUT2D eigenvalue weighted by atomic mass is 9.88. The number of nitrogens with zero attached hydrogens (tertiary/aromatic N) is 5. The van der Waals surface area contributed by atoms with E-state index in [0.29, 0.717) is 11.6 Å². The van der Waals surface area contributed by atoms with Crippen LogP contribution in [-0.2, 0) is 17.1 Å². The van der Waals surface area contributed by atoms with Gasteiger partial charge < -0.3 is 9.47 Å². The fourth-order valence-electron chi connectivity index (χ4n) is 5.29. The van der Waals surface area contributed by atoms with Crippen LogP contribution in [0.15, 0.2) is 42.9 Å². The molecule has 0 spiro atoms. The second kappa shape index (κ2) is 7.84. The maximum absolute atomic E-state index is 13.5. The Morgan fingerprint density at radius 2 is 1.88 bits per heavy atom. The van der Waals surface area contributed by atoms with E-state index >= 15 is 0 Å². The monoisotopic (exact) mass is 456 g/mol.